The third-order valence-electron chi connectivity index (χ3n) is 2.95. The molecule has 1 aromatic heterocycles. The molecule has 1 aromatic carbocycles. The molecule has 108 valence electrons. The summed E-state index contributed by atoms with van der Waals surface area (Å²) in [5, 5.41) is 0. The average molecular weight is 408 g/mol. The maximum absolute atomic E-state index is 5.36. The molecule has 2 aromatic rings. The van der Waals surface area contributed by atoms with Crippen molar-refractivity contribution in [2.75, 3.05) is 21.3 Å². The summed E-state index contributed by atoms with van der Waals surface area (Å²) in [6.45, 7) is 0. The van der Waals surface area contributed by atoms with Gasteiger partial charge < -0.3 is 0 Å². The number of hydrogen-bond acceptors (Lipinski definition) is 5. The Labute approximate surface area is 141 Å². The van der Waals surface area contributed by atoms with Crippen LogP contribution in [0.15, 0.2) is 18.3 Å². The molecule has 1 heterocycles. The van der Waals surface area contributed by atoms with Crippen LogP contribution in [-0.4, -0.2) is 65.0 Å². The predicted octanol–water partition coefficient (Wildman–Crippen LogP) is -0.319. The molecule has 0 N–H and O–H groups in total. The van der Waals surface area contributed by atoms with Crippen molar-refractivity contribution in [3.05, 3.63) is 29.5 Å². The van der Waals surface area contributed by atoms with Crippen LogP contribution in [-0.2, 0) is 6.42 Å². The minimum absolute atomic E-state index is 0.591. The molecule has 0 fully saturated rings. The van der Waals surface area contributed by atoms with Crippen molar-refractivity contribution in [1.82, 2.24) is 9.97 Å². The summed E-state index contributed by atoms with van der Waals surface area (Å²) in [4.78, 5) is 8.55. The molecule has 0 spiro atoms. The van der Waals surface area contributed by atoms with Crippen LogP contribution in [0.2, 0.25) is 0 Å². The molecule has 0 saturated carbocycles. The standard InChI is InChI=1S/C14H14As2N2O3/c1-19-10-5-8(6-11(20-2)12(10)21-3)4-9-7-17-14(16)18-13(9)15/h5-7H,4H2,1-3H3. The van der Waals surface area contributed by atoms with Gasteiger partial charge in [0.15, 0.2) is 0 Å². The van der Waals surface area contributed by atoms with Gasteiger partial charge in [0, 0.05) is 0 Å². The SMILES string of the molecule is COc1cc(Cc2cnc([As])nc2[As])cc(OC)c1OC. The van der Waals surface area contributed by atoms with E-state index in [0.29, 0.717) is 28.3 Å². The second-order valence-corrected chi connectivity index (χ2v) is 5.96. The Hall–Kier alpha value is -1.18. The summed E-state index contributed by atoms with van der Waals surface area (Å²) in [7, 11) is 4.81. The van der Waals surface area contributed by atoms with Gasteiger partial charge in [-0.3, -0.25) is 0 Å². The van der Waals surface area contributed by atoms with E-state index in [0.717, 1.165) is 15.6 Å². The second-order valence-electron chi connectivity index (χ2n) is 4.23. The third-order valence-corrected chi connectivity index (χ3v) is 4.21. The fourth-order valence-corrected chi connectivity index (χ4v) is 3.16. The van der Waals surface area contributed by atoms with Gasteiger partial charge in [-0.15, -0.1) is 0 Å². The Kier molecular flexibility index (Phi) is 5.55. The second kappa shape index (κ2) is 7.19. The van der Waals surface area contributed by atoms with Crippen LogP contribution >= 0.6 is 0 Å². The molecule has 0 aliphatic heterocycles. The van der Waals surface area contributed by atoms with Crippen LogP contribution in [0.3, 0.4) is 0 Å². The van der Waals surface area contributed by atoms with E-state index in [1.165, 1.54) is 0 Å². The van der Waals surface area contributed by atoms with Gasteiger partial charge in [0.05, 0.1) is 0 Å². The van der Waals surface area contributed by atoms with Crippen molar-refractivity contribution in [3.8, 4) is 17.2 Å². The molecule has 5 nitrogen and oxygen atoms in total. The first-order valence-corrected chi connectivity index (χ1v) is 7.99. The molecule has 0 aliphatic rings. The van der Waals surface area contributed by atoms with Crippen LogP contribution in [0.5, 0.6) is 17.2 Å². The van der Waals surface area contributed by atoms with Gasteiger partial charge in [-0.2, -0.15) is 0 Å². The first kappa shape index (κ1) is 16.2. The number of methoxy groups -OCH3 is 3. The van der Waals surface area contributed by atoms with Gasteiger partial charge in [-0.25, -0.2) is 0 Å². The van der Waals surface area contributed by atoms with E-state index in [4.69, 9.17) is 14.2 Å². The zero-order chi connectivity index (χ0) is 15.4. The molecular formula is C14H14As2N2O3. The zero-order valence-corrected chi connectivity index (χ0v) is 15.7. The van der Waals surface area contributed by atoms with Crippen molar-refractivity contribution in [2.45, 2.75) is 6.42 Å². The van der Waals surface area contributed by atoms with Crippen LogP contribution in [0, 0.1) is 0 Å². The van der Waals surface area contributed by atoms with E-state index in [1.807, 2.05) is 18.3 Å². The van der Waals surface area contributed by atoms with Gasteiger partial charge in [0.1, 0.15) is 0 Å². The molecule has 7 heteroatoms. The quantitative estimate of drug-likeness (QED) is 0.636. The summed E-state index contributed by atoms with van der Waals surface area (Å²) in [6.07, 6.45) is 2.52. The molecule has 0 amide bonds. The normalized spacial score (nSPS) is 10.3. The molecule has 0 saturated heterocycles. The van der Waals surface area contributed by atoms with Crippen molar-refractivity contribution in [2.24, 2.45) is 0 Å². The van der Waals surface area contributed by atoms with Crippen LogP contribution in [0.1, 0.15) is 11.1 Å². The number of nitrogens with zero attached hydrogens (tertiary/aromatic N) is 2. The average Bonchev–Trinajstić information content (AvgIpc) is 2.49. The minimum atomic E-state index is 0.591. The Morgan fingerprint density at radius 2 is 1.62 bits per heavy atom. The van der Waals surface area contributed by atoms with Gasteiger partial charge in [-0.1, -0.05) is 0 Å². The molecule has 0 atom stereocenters. The van der Waals surface area contributed by atoms with E-state index < -0.39 is 0 Å². The molecule has 0 unspecified atom stereocenters. The van der Waals surface area contributed by atoms with Crippen LogP contribution in [0.4, 0.5) is 0 Å². The summed E-state index contributed by atoms with van der Waals surface area (Å²) >= 11 is 4.81. The fourth-order valence-electron chi connectivity index (χ4n) is 1.97. The molecule has 0 bridgehead atoms. The van der Waals surface area contributed by atoms with Gasteiger partial charge >= 0.3 is 141 Å². The molecular weight excluding hydrogens is 394 g/mol. The number of rotatable bonds is 5. The Bertz CT molecular complexity index is 625. The number of hydrogen-bond donors (Lipinski definition) is 0. The van der Waals surface area contributed by atoms with Crippen LogP contribution in [0.25, 0.3) is 0 Å². The van der Waals surface area contributed by atoms with E-state index in [9.17, 15) is 0 Å². The Morgan fingerprint density at radius 1 is 1.00 bits per heavy atom. The zero-order valence-electron chi connectivity index (χ0n) is 12.0. The predicted molar refractivity (Wildman–Crippen MR) is 81.7 cm³/mol. The maximum atomic E-state index is 5.36. The third kappa shape index (κ3) is 3.72. The first-order valence-electron chi connectivity index (χ1n) is 6.11. The summed E-state index contributed by atoms with van der Waals surface area (Å²) in [6, 6.07) is 3.87. The number of aromatic nitrogens is 2. The van der Waals surface area contributed by atoms with Gasteiger partial charge in [-0.05, 0) is 0 Å². The molecule has 0 aliphatic carbocycles. The fraction of sp³-hybridized carbons (Fsp3) is 0.286. The monoisotopic (exact) mass is 408 g/mol. The van der Waals surface area contributed by atoms with E-state index in [-0.39, 0.29) is 0 Å². The van der Waals surface area contributed by atoms with Crippen LogP contribution < -0.4 is 23.3 Å². The summed E-state index contributed by atoms with van der Waals surface area (Å²) < 4.78 is 17.7. The molecule has 21 heavy (non-hydrogen) atoms. The van der Waals surface area contributed by atoms with Crippen molar-refractivity contribution in [3.63, 3.8) is 0 Å². The molecule has 2 rings (SSSR count). The van der Waals surface area contributed by atoms with Gasteiger partial charge in [0.25, 0.3) is 0 Å². The van der Waals surface area contributed by atoms with Crippen molar-refractivity contribution in [1.29, 1.82) is 0 Å². The van der Waals surface area contributed by atoms with E-state index >= 15 is 0 Å². The number of ether oxygens (including phenoxy) is 3. The first-order chi connectivity index (χ1) is 10.1. The van der Waals surface area contributed by atoms with E-state index in [1.54, 1.807) is 21.3 Å². The molecule has 4 radical (unpaired) electrons. The van der Waals surface area contributed by atoms with Crippen molar-refractivity contribution >= 4 is 42.8 Å². The van der Waals surface area contributed by atoms with Crippen molar-refractivity contribution < 1.29 is 14.2 Å². The number of benzene rings is 1. The van der Waals surface area contributed by atoms with E-state index in [2.05, 4.69) is 43.7 Å². The Balaban J connectivity index is 2.40. The Morgan fingerprint density at radius 3 is 2.10 bits per heavy atom. The topological polar surface area (TPSA) is 53.5 Å². The van der Waals surface area contributed by atoms with Gasteiger partial charge in [0.2, 0.25) is 0 Å². The summed E-state index contributed by atoms with van der Waals surface area (Å²) in [5.74, 6) is 1.88. The summed E-state index contributed by atoms with van der Waals surface area (Å²) in [5.41, 5.74) is 2.08.